The van der Waals surface area contributed by atoms with E-state index in [1.54, 1.807) is 24.3 Å². The van der Waals surface area contributed by atoms with Crippen LogP contribution in [0.2, 0.25) is 0 Å². The van der Waals surface area contributed by atoms with Crippen molar-refractivity contribution in [3.63, 3.8) is 0 Å². The highest BCUT2D eigenvalue weighted by atomic mass is 16.5. The van der Waals surface area contributed by atoms with Crippen LogP contribution in [0, 0.1) is 11.3 Å². The summed E-state index contributed by atoms with van der Waals surface area (Å²) < 4.78 is 5.76. The van der Waals surface area contributed by atoms with Crippen molar-refractivity contribution in [2.45, 2.75) is 19.2 Å². The Labute approximate surface area is 185 Å². The van der Waals surface area contributed by atoms with Gasteiger partial charge in [-0.05, 0) is 28.5 Å². The molecule has 4 rings (SSSR count). The molecule has 0 saturated heterocycles. The summed E-state index contributed by atoms with van der Waals surface area (Å²) in [6.45, 7) is 0.310. The second kappa shape index (κ2) is 10.00. The number of benzene rings is 3. The fourth-order valence-electron chi connectivity index (χ4n) is 3.04. The van der Waals surface area contributed by atoms with Crippen molar-refractivity contribution in [2.75, 3.05) is 0 Å². The van der Waals surface area contributed by atoms with Gasteiger partial charge in [-0.15, -0.1) is 10.2 Å². The zero-order valence-corrected chi connectivity index (χ0v) is 17.1. The van der Waals surface area contributed by atoms with Gasteiger partial charge in [0.2, 0.25) is 11.7 Å². The maximum atomic E-state index is 12.4. The topological polar surface area (TPSA) is 106 Å². The Balaban J connectivity index is 1.33. The molecule has 32 heavy (non-hydrogen) atoms. The first-order chi connectivity index (χ1) is 15.7. The van der Waals surface area contributed by atoms with Gasteiger partial charge in [-0.25, -0.2) is 0 Å². The van der Waals surface area contributed by atoms with Crippen molar-refractivity contribution in [2.24, 2.45) is 0 Å². The molecule has 8 nitrogen and oxygen atoms in total. The number of nitrogens with one attached hydrogen (secondary N) is 1. The van der Waals surface area contributed by atoms with Crippen LogP contribution in [0.15, 0.2) is 84.9 Å². The molecule has 4 aromatic rings. The third-order valence-electron chi connectivity index (χ3n) is 4.67. The van der Waals surface area contributed by atoms with Gasteiger partial charge in [-0.1, -0.05) is 72.8 Å². The summed E-state index contributed by atoms with van der Waals surface area (Å²) in [6.07, 6.45) is 0. The second-order valence-corrected chi connectivity index (χ2v) is 6.98. The van der Waals surface area contributed by atoms with E-state index in [0.29, 0.717) is 23.7 Å². The molecule has 0 aliphatic carbocycles. The Morgan fingerprint density at radius 2 is 1.69 bits per heavy atom. The quantitative estimate of drug-likeness (QED) is 0.465. The summed E-state index contributed by atoms with van der Waals surface area (Å²) in [5.74, 6) is 0.722. The van der Waals surface area contributed by atoms with Gasteiger partial charge in [-0.2, -0.15) is 10.1 Å². The number of nitriles is 1. The molecule has 1 heterocycles. The van der Waals surface area contributed by atoms with E-state index in [9.17, 15) is 10.1 Å². The number of carbonyl (C=O) groups excluding carboxylic acids is 1. The van der Waals surface area contributed by atoms with E-state index in [1.807, 2.05) is 60.7 Å². The summed E-state index contributed by atoms with van der Waals surface area (Å²) in [5, 5.41) is 24.3. The second-order valence-electron chi connectivity index (χ2n) is 6.98. The molecule has 8 heteroatoms. The predicted molar refractivity (Wildman–Crippen MR) is 117 cm³/mol. The molecule has 0 saturated carbocycles. The highest BCUT2D eigenvalue weighted by Crippen LogP contribution is 2.19. The number of amides is 1. The van der Waals surface area contributed by atoms with Crippen LogP contribution in [-0.2, 0) is 17.9 Å². The Hall–Kier alpha value is -4.51. The zero-order chi connectivity index (χ0) is 22.2. The molecule has 1 N–H and O–H groups in total. The van der Waals surface area contributed by atoms with Gasteiger partial charge in [0.25, 0.3) is 0 Å². The minimum Gasteiger partial charge on any atom is -0.489 e. The van der Waals surface area contributed by atoms with Crippen molar-refractivity contribution in [1.82, 2.24) is 25.5 Å². The van der Waals surface area contributed by atoms with Crippen LogP contribution in [0.1, 0.15) is 17.2 Å². The van der Waals surface area contributed by atoms with Crippen LogP contribution in [0.25, 0.3) is 11.4 Å². The highest BCUT2D eigenvalue weighted by molar-refractivity contribution is 5.76. The summed E-state index contributed by atoms with van der Waals surface area (Å²) in [6, 6.07) is 27.6. The molecule has 0 bridgehead atoms. The maximum absolute atomic E-state index is 12.4. The van der Waals surface area contributed by atoms with Crippen molar-refractivity contribution in [1.29, 1.82) is 5.26 Å². The minimum atomic E-state index is -0.803. The molecule has 1 aromatic heterocycles. The van der Waals surface area contributed by atoms with E-state index in [0.717, 1.165) is 11.1 Å². The number of ether oxygens (including phenoxy) is 1. The summed E-state index contributed by atoms with van der Waals surface area (Å²) in [4.78, 5) is 13.6. The van der Waals surface area contributed by atoms with Crippen molar-refractivity contribution >= 4 is 5.91 Å². The van der Waals surface area contributed by atoms with Crippen molar-refractivity contribution in [3.05, 3.63) is 96.1 Å². The highest BCUT2D eigenvalue weighted by Gasteiger charge is 2.16. The monoisotopic (exact) mass is 424 g/mol. The normalized spacial score (nSPS) is 11.3. The lowest BCUT2D eigenvalue weighted by atomic mass is 10.1. The molecular formula is C24H20N6O2. The lowest BCUT2D eigenvalue weighted by Crippen LogP contribution is -2.31. The molecule has 1 unspecified atom stereocenters. The average Bonchev–Trinajstić information content (AvgIpc) is 3.31. The molecule has 3 aromatic carbocycles. The van der Waals surface area contributed by atoms with E-state index in [2.05, 4.69) is 26.8 Å². The number of aromatic nitrogens is 4. The first-order valence-corrected chi connectivity index (χ1v) is 10.00. The van der Waals surface area contributed by atoms with Gasteiger partial charge in [0.15, 0.2) is 0 Å². The van der Waals surface area contributed by atoms with Gasteiger partial charge in [0.1, 0.15) is 24.9 Å². The summed E-state index contributed by atoms with van der Waals surface area (Å²) in [5.41, 5.74) is 2.53. The fourth-order valence-corrected chi connectivity index (χ4v) is 3.04. The molecule has 1 amide bonds. The Bertz CT molecular complexity index is 1200. The van der Waals surface area contributed by atoms with Gasteiger partial charge >= 0.3 is 0 Å². The minimum absolute atomic E-state index is 0.143. The Kier molecular flexibility index (Phi) is 6.48. The number of tetrazole rings is 1. The van der Waals surface area contributed by atoms with Gasteiger partial charge < -0.3 is 10.1 Å². The number of rotatable bonds is 8. The molecule has 158 valence electrons. The van der Waals surface area contributed by atoms with E-state index in [-0.39, 0.29) is 6.54 Å². The fraction of sp³-hybridized carbons (Fsp3) is 0.125. The van der Waals surface area contributed by atoms with Crippen LogP contribution in [0.3, 0.4) is 0 Å². The summed E-state index contributed by atoms with van der Waals surface area (Å²) in [7, 11) is 0. The molecular weight excluding hydrogens is 404 g/mol. The zero-order valence-electron chi connectivity index (χ0n) is 17.1. The first-order valence-electron chi connectivity index (χ1n) is 10.00. The Morgan fingerprint density at radius 3 is 2.38 bits per heavy atom. The lowest BCUT2D eigenvalue weighted by Gasteiger charge is -2.13. The average molecular weight is 424 g/mol. The smallest absolute Gasteiger partial charge is 0.244 e. The predicted octanol–water partition coefficient (Wildman–Crippen LogP) is 3.30. The molecule has 0 aliphatic rings. The van der Waals surface area contributed by atoms with E-state index in [4.69, 9.17) is 4.74 Å². The third kappa shape index (κ3) is 5.34. The standard InChI is InChI=1S/C24H20N6O2/c25-15-22(19-11-13-21(14-12-19)32-17-18-7-3-1-4-8-18)26-23(31)16-30-28-24(27-29-30)20-9-5-2-6-10-20/h1-14,22H,16-17H2,(H,26,31). The first kappa shape index (κ1) is 20.8. The molecule has 1 atom stereocenters. The largest absolute Gasteiger partial charge is 0.489 e. The number of carbonyl (C=O) groups is 1. The number of nitrogens with zero attached hydrogens (tertiary/aromatic N) is 5. The molecule has 0 spiro atoms. The van der Waals surface area contributed by atoms with E-state index < -0.39 is 11.9 Å². The molecule has 0 aliphatic heterocycles. The van der Waals surface area contributed by atoms with Crippen LogP contribution in [0.4, 0.5) is 0 Å². The van der Waals surface area contributed by atoms with E-state index >= 15 is 0 Å². The van der Waals surface area contributed by atoms with Gasteiger partial charge in [-0.3, -0.25) is 4.79 Å². The number of hydrogen-bond donors (Lipinski definition) is 1. The van der Waals surface area contributed by atoms with E-state index in [1.165, 1.54) is 4.80 Å². The van der Waals surface area contributed by atoms with Crippen LogP contribution < -0.4 is 10.1 Å². The third-order valence-corrected chi connectivity index (χ3v) is 4.67. The number of hydrogen-bond acceptors (Lipinski definition) is 6. The van der Waals surface area contributed by atoms with Crippen LogP contribution in [0.5, 0.6) is 5.75 Å². The molecule has 0 fully saturated rings. The maximum Gasteiger partial charge on any atom is 0.244 e. The van der Waals surface area contributed by atoms with Gasteiger partial charge in [0.05, 0.1) is 6.07 Å². The Morgan fingerprint density at radius 1 is 1.00 bits per heavy atom. The van der Waals surface area contributed by atoms with Gasteiger partial charge in [0, 0.05) is 5.56 Å². The lowest BCUT2D eigenvalue weighted by molar-refractivity contribution is -0.122. The van der Waals surface area contributed by atoms with Crippen molar-refractivity contribution < 1.29 is 9.53 Å². The SMILES string of the molecule is N#CC(NC(=O)Cn1nnc(-c2ccccc2)n1)c1ccc(OCc2ccccc2)cc1. The van der Waals surface area contributed by atoms with Crippen LogP contribution >= 0.6 is 0 Å². The molecule has 0 radical (unpaired) electrons. The van der Waals surface area contributed by atoms with Crippen LogP contribution in [-0.4, -0.2) is 26.1 Å². The summed E-state index contributed by atoms with van der Waals surface area (Å²) >= 11 is 0. The van der Waals surface area contributed by atoms with Crippen molar-refractivity contribution in [3.8, 4) is 23.2 Å².